The van der Waals surface area contributed by atoms with Gasteiger partial charge in [-0.1, -0.05) is 5.92 Å². The van der Waals surface area contributed by atoms with E-state index in [9.17, 15) is 9.59 Å². The largest absolute Gasteiger partial charge is 0.345 e. The highest BCUT2D eigenvalue weighted by Gasteiger charge is 2.24. The molecular weight excluding hydrogens is 266 g/mol. The van der Waals surface area contributed by atoms with E-state index in [2.05, 4.69) is 22.1 Å². The summed E-state index contributed by atoms with van der Waals surface area (Å²) in [7, 11) is 0. The van der Waals surface area contributed by atoms with Gasteiger partial charge in [0.2, 0.25) is 0 Å². The molecule has 1 aliphatic rings. The summed E-state index contributed by atoms with van der Waals surface area (Å²) >= 11 is 0. The maximum Gasteiger partial charge on any atom is 0.295 e. The van der Waals surface area contributed by atoms with Crippen molar-refractivity contribution >= 4 is 11.8 Å². The predicted molar refractivity (Wildman–Crippen MR) is 79.3 cm³/mol. The first-order valence-corrected chi connectivity index (χ1v) is 7.10. The quantitative estimate of drug-likeness (QED) is 0.845. The molecule has 0 spiro atoms. The normalized spacial score (nSPS) is 17.6. The number of piperidine rings is 1. The van der Waals surface area contributed by atoms with E-state index < -0.39 is 0 Å². The Balaban J connectivity index is 1.90. The second-order valence-corrected chi connectivity index (χ2v) is 5.08. The van der Waals surface area contributed by atoms with Gasteiger partial charge in [-0.15, -0.1) is 0 Å². The maximum atomic E-state index is 12.4. The summed E-state index contributed by atoms with van der Waals surface area (Å²) in [5, 5.41) is 2.79. The molecule has 2 heterocycles. The summed E-state index contributed by atoms with van der Waals surface area (Å²) in [6.07, 6.45) is 5.22. The summed E-state index contributed by atoms with van der Waals surface area (Å²) in [6, 6.07) is 3.45. The molecule has 1 aromatic rings. The third-order valence-corrected chi connectivity index (χ3v) is 3.52. The lowest BCUT2D eigenvalue weighted by atomic mass is 9.97. The molecule has 110 valence electrons. The number of carbonyl (C=O) groups excluding carboxylic acids is 2. The molecule has 0 bridgehead atoms. The molecule has 5 nitrogen and oxygen atoms in total. The number of hydrogen-bond donors (Lipinski definition) is 1. The fraction of sp³-hybridized carbons (Fsp3) is 0.438. The van der Waals surface area contributed by atoms with Crippen molar-refractivity contribution in [3.05, 3.63) is 30.1 Å². The van der Waals surface area contributed by atoms with E-state index in [0.29, 0.717) is 18.7 Å². The fourth-order valence-corrected chi connectivity index (χ4v) is 2.49. The minimum atomic E-state index is -0.255. The van der Waals surface area contributed by atoms with Crippen molar-refractivity contribution in [3.63, 3.8) is 0 Å². The van der Waals surface area contributed by atoms with Crippen LogP contribution in [-0.2, 0) is 4.79 Å². The van der Waals surface area contributed by atoms with Crippen LogP contribution in [0.2, 0.25) is 0 Å². The average Bonchev–Trinajstić information content (AvgIpc) is 2.54. The number of nitrogens with one attached hydrogen (secondary N) is 1. The topological polar surface area (TPSA) is 62.3 Å². The van der Waals surface area contributed by atoms with Crippen molar-refractivity contribution in [3.8, 4) is 11.8 Å². The van der Waals surface area contributed by atoms with Crippen LogP contribution in [0.5, 0.6) is 0 Å². The van der Waals surface area contributed by atoms with Gasteiger partial charge < -0.3 is 10.2 Å². The molecule has 0 radical (unpaired) electrons. The Bertz CT molecular complexity index is 560. The molecule has 2 rings (SSSR count). The van der Waals surface area contributed by atoms with Gasteiger partial charge in [-0.05, 0) is 43.7 Å². The molecule has 1 N–H and O–H groups in total. The highest BCUT2D eigenvalue weighted by atomic mass is 16.2. The molecular formula is C16H19N3O2. The molecule has 1 aromatic heterocycles. The standard InChI is InChI=1S/C16H19N3O2/c1-2-4-15(20)18-11-13-5-3-10-19(12-13)16(21)14-6-8-17-9-7-14/h6-9,13H,3,5,10-12H2,1H3,(H,18,20). The van der Waals surface area contributed by atoms with Crippen LogP contribution in [0.15, 0.2) is 24.5 Å². The Labute approximate surface area is 124 Å². The second kappa shape index (κ2) is 7.44. The molecule has 5 heteroatoms. The van der Waals surface area contributed by atoms with Gasteiger partial charge in [0.15, 0.2) is 0 Å². The van der Waals surface area contributed by atoms with Crippen molar-refractivity contribution < 1.29 is 9.59 Å². The fourth-order valence-electron chi connectivity index (χ4n) is 2.49. The van der Waals surface area contributed by atoms with Gasteiger partial charge in [0.25, 0.3) is 11.8 Å². The second-order valence-electron chi connectivity index (χ2n) is 5.08. The molecule has 1 atom stereocenters. The maximum absolute atomic E-state index is 12.4. The Morgan fingerprint density at radius 3 is 2.90 bits per heavy atom. The highest BCUT2D eigenvalue weighted by Crippen LogP contribution is 2.17. The van der Waals surface area contributed by atoms with Gasteiger partial charge in [-0.25, -0.2) is 0 Å². The van der Waals surface area contributed by atoms with E-state index in [0.717, 1.165) is 19.4 Å². The summed E-state index contributed by atoms with van der Waals surface area (Å²) in [5.41, 5.74) is 0.659. The monoisotopic (exact) mass is 285 g/mol. The van der Waals surface area contributed by atoms with E-state index in [1.54, 1.807) is 31.5 Å². The minimum absolute atomic E-state index is 0.0294. The summed E-state index contributed by atoms with van der Waals surface area (Å²) in [6.45, 7) is 3.63. The molecule has 21 heavy (non-hydrogen) atoms. The number of rotatable bonds is 3. The first kappa shape index (κ1) is 15.0. The number of amides is 2. The number of hydrogen-bond acceptors (Lipinski definition) is 3. The smallest absolute Gasteiger partial charge is 0.295 e. The zero-order valence-electron chi connectivity index (χ0n) is 12.1. The molecule has 1 fully saturated rings. The van der Waals surface area contributed by atoms with Crippen molar-refractivity contribution in [1.29, 1.82) is 0 Å². The van der Waals surface area contributed by atoms with Crippen molar-refractivity contribution in [1.82, 2.24) is 15.2 Å². The van der Waals surface area contributed by atoms with Gasteiger partial charge in [0.1, 0.15) is 0 Å². The highest BCUT2D eigenvalue weighted by molar-refractivity contribution is 5.94. The van der Waals surface area contributed by atoms with Gasteiger partial charge >= 0.3 is 0 Å². The number of aromatic nitrogens is 1. The Morgan fingerprint density at radius 2 is 2.19 bits per heavy atom. The van der Waals surface area contributed by atoms with Crippen LogP contribution < -0.4 is 5.32 Å². The molecule has 1 saturated heterocycles. The van der Waals surface area contributed by atoms with Crippen LogP contribution >= 0.6 is 0 Å². The number of likely N-dealkylation sites (tertiary alicyclic amines) is 1. The van der Waals surface area contributed by atoms with Crippen LogP contribution in [0.25, 0.3) is 0 Å². The van der Waals surface area contributed by atoms with E-state index in [1.165, 1.54) is 0 Å². The third-order valence-electron chi connectivity index (χ3n) is 3.52. The Kier molecular flexibility index (Phi) is 5.33. The SMILES string of the molecule is CC#CC(=O)NCC1CCCN(C(=O)c2ccncc2)C1. The average molecular weight is 285 g/mol. The number of pyridine rings is 1. The Hall–Kier alpha value is -2.35. The first-order valence-electron chi connectivity index (χ1n) is 7.10. The lowest BCUT2D eigenvalue weighted by Crippen LogP contribution is -2.43. The van der Waals surface area contributed by atoms with Crippen LogP contribution in [0.3, 0.4) is 0 Å². The lowest BCUT2D eigenvalue weighted by Gasteiger charge is -2.32. The van der Waals surface area contributed by atoms with Gasteiger partial charge in [-0.2, -0.15) is 0 Å². The van der Waals surface area contributed by atoms with E-state index in [-0.39, 0.29) is 17.7 Å². The zero-order chi connectivity index (χ0) is 15.1. The third kappa shape index (κ3) is 4.32. The summed E-state index contributed by atoms with van der Waals surface area (Å²) in [4.78, 5) is 29.5. The van der Waals surface area contributed by atoms with Gasteiger partial charge in [-0.3, -0.25) is 14.6 Å². The molecule has 0 aliphatic carbocycles. The Morgan fingerprint density at radius 1 is 1.43 bits per heavy atom. The summed E-state index contributed by atoms with van der Waals surface area (Å²) < 4.78 is 0. The van der Waals surface area contributed by atoms with Crippen LogP contribution in [-0.4, -0.2) is 41.3 Å². The van der Waals surface area contributed by atoms with E-state index in [1.807, 2.05) is 4.90 Å². The first-order chi connectivity index (χ1) is 10.2. The lowest BCUT2D eigenvalue weighted by molar-refractivity contribution is -0.115. The van der Waals surface area contributed by atoms with Crippen LogP contribution in [0.1, 0.15) is 30.1 Å². The van der Waals surface area contributed by atoms with Crippen LogP contribution in [0, 0.1) is 17.8 Å². The molecule has 0 aromatic carbocycles. The van der Waals surface area contributed by atoms with Crippen molar-refractivity contribution in [2.24, 2.45) is 5.92 Å². The molecule has 1 unspecified atom stereocenters. The summed E-state index contributed by atoms with van der Waals surface area (Å²) in [5.74, 6) is 5.09. The zero-order valence-corrected chi connectivity index (χ0v) is 12.1. The molecule has 1 aliphatic heterocycles. The van der Waals surface area contributed by atoms with Crippen LogP contribution in [0.4, 0.5) is 0 Å². The number of carbonyl (C=O) groups is 2. The molecule has 0 saturated carbocycles. The molecule has 2 amide bonds. The number of nitrogens with zero attached hydrogens (tertiary/aromatic N) is 2. The van der Waals surface area contributed by atoms with Gasteiger partial charge in [0.05, 0.1) is 0 Å². The minimum Gasteiger partial charge on any atom is -0.345 e. The van der Waals surface area contributed by atoms with E-state index >= 15 is 0 Å². The van der Waals surface area contributed by atoms with Crippen molar-refractivity contribution in [2.75, 3.05) is 19.6 Å². The van der Waals surface area contributed by atoms with Crippen molar-refractivity contribution in [2.45, 2.75) is 19.8 Å². The van der Waals surface area contributed by atoms with Gasteiger partial charge in [0, 0.05) is 37.6 Å². The predicted octanol–water partition coefficient (Wildman–Crippen LogP) is 1.07. The van der Waals surface area contributed by atoms with E-state index in [4.69, 9.17) is 0 Å².